The Kier molecular flexibility index (Phi) is 2.63. The third-order valence-electron chi connectivity index (χ3n) is 1.41. The normalized spacial score (nSPS) is 15.1. The standard InChI is InChI=1S/C5H15PS/c1-5(2)6(3,4)7/h5-7H,1-4H3. The summed E-state index contributed by atoms with van der Waals surface area (Å²) in [6.45, 7) is 7.96. The van der Waals surface area contributed by atoms with Crippen molar-refractivity contribution in [2.75, 3.05) is 13.3 Å². The maximum absolute atomic E-state index is 4.49. The molecule has 0 N–H and O–H groups in total. The van der Waals surface area contributed by atoms with Crippen molar-refractivity contribution in [1.29, 1.82) is 0 Å². The molecule has 0 aliphatic rings. The molecule has 0 fully saturated rings. The van der Waals surface area contributed by atoms with Gasteiger partial charge in [-0.2, -0.15) is 0 Å². The molecule has 0 rings (SSSR count). The fourth-order valence-electron chi connectivity index (χ4n) is 0. The van der Waals surface area contributed by atoms with Crippen LogP contribution in [0.3, 0.4) is 0 Å². The molecule has 0 aromatic carbocycles. The second-order valence-electron chi connectivity index (χ2n) is 2.81. The van der Waals surface area contributed by atoms with Crippen LogP contribution in [0.5, 0.6) is 0 Å². The average Bonchev–Trinajstić information content (AvgIpc) is 1.31. The second kappa shape index (κ2) is 2.37. The van der Waals surface area contributed by atoms with E-state index >= 15 is 0 Å². The monoisotopic (exact) mass is 138 g/mol. The van der Waals surface area contributed by atoms with E-state index in [4.69, 9.17) is 0 Å². The zero-order chi connectivity index (χ0) is 6.08. The minimum atomic E-state index is -1.04. The molecule has 0 amide bonds. The van der Waals surface area contributed by atoms with E-state index in [9.17, 15) is 0 Å². The predicted molar refractivity (Wildman–Crippen MR) is 44.3 cm³/mol. The van der Waals surface area contributed by atoms with Crippen molar-refractivity contribution in [3.63, 3.8) is 0 Å². The molecule has 0 unspecified atom stereocenters. The first-order valence-corrected chi connectivity index (χ1v) is 7.03. The molecule has 0 aliphatic heterocycles. The molecule has 0 radical (unpaired) electrons. The Bertz CT molecular complexity index is 53.6. The quantitative estimate of drug-likeness (QED) is 0.417. The van der Waals surface area contributed by atoms with Gasteiger partial charge in [0, 0.05) is 0 Å². The molecule has 0 saturated heterocycles. The fraction of sp³-hybridized carbons (Fsp3) is 1.00. The molecule has 0 bridgehead atoms. The molecule has 0 aliphatic carbocycles. The number of hydrogen-bond acceptors (Lipinski definition) is 1. The second-order valence-corrected chi connectivity index (χ2v) is 10.7. The predicted octanol–water partition coefficient (Wildman–Crippen LogP) is 2.25. The summed E-state index contributed by atoms with van der Waals surface area (Å²) in [6.07, 6.45) is 0. The van der Waals surface area contributed by atoms with Crippen molar-refractivity contribution in [1.82, 2.24) is 0 Å². The van der Waals surface area contributed by atoms with Crippen LogP contribution >= 0.6 is 18.7 Å². The van der Waals surface area contributed by atoms with Crippen molar-refractivity contribution in [3.8, 4) is 0 Å². The summed E-state index contributed by atoms with van der Waals surface area (Å²) >= 11 is 4.49. The molecule has 2 heteroatoms. The molecule has 0 spiro atoms. The van der Waals surface area contributed by atoms with E-state index < -0.39 is 6.46 Å². The first-order chi connectivity index (χ1) is 2.94. The number of thiol groups is 1. The van der Waals surface area contributed by atoms with Gasteiger partial charge in [-0.25, -0.2) is 0 Å². The molecule has 0 atom stereocenters. The van der Waals surface area contributed by atoms with Gasteiger partial charge in [-0.1, -0.05) is 0 Å². The molecule has 46 valence electrons. The summed E-state index contributed by atoms with van der Waals surface area (Å²) in [5, 5.41) is 0. The van der Waals surface area contributed by atoms with E-state index in [0.29, 0.717) is 0 Å². The minimum absolute atomic E-state index is 0.802. The van der Waals surface area contributed by atoms with Crippen LogP contribution in [0.1, 0.15) is 13.8 Å². The van der Waals surface area contributed by atoms with E-state index in [0.717, 1.165) is 5.66 Å². The average molecular weight is 138 g/mol. The van der Waals surface area contributed by atoms with Crippen molar-refractivity contribution in [2.45, 2.75) is 19.5 Å². The van der Waals surface area contributed by atoms with Crippen LogP contribution in [-0.2, 0) is 0 Å². The van der Waals surface area contributed by atoms with E-state index in [1.807, 2.05) is 0 Å². The third-order valence-corrected chi connectivity index (χ3v) is 5.79. The maximum atomic E-state index is 4.49. The molecule has 0 saturated carbocycles. The summed E-state index contributed by atoms with van der Waals surface area (Å²) in [7, 11) is 0. The van der Waals surface area contributed by atoms with Gasteiger partial charge >= 0.3 is 51.5 Å². The van der Waals surface area contributed by atoms with E-state index in [1.165, 1.54) is 0 Å². The van der Waals surface area contributed by atoms with Gasteiger partial charge in [-0.05, 0) is 0 Å². The van der Waals surface area contributed by atoms with Gasteiger partial charge in [-0.15, -0.1) is 0 Å². The zero-order valence-corrected chi connectivity index (χ0v) is 7.42. The number of rotatable bonds is 1. The van der Waals surface area contributed by atoms with Crippen molar-refractivity contribution < 1.29 is 0 Å². The van der Waals surface area contributed by atoms with Crippen molar-refractivity contribution in [3.05, 3.63) is 0 Å². The van der Waals surface area contributed by atoms with Crippen LogP contribution < -0.4 is 0 Å². The summed E-state index contributed by atoms with van der Waals surface area (Å²) in [6, 6.07) is 0. The van der Waals surface area contributed by atoms with Gasteiger partial charge in [-0.3, -0.25) is 0 Å². The molecular weight excluding hydrogens is 123 g/mol. The molecule has 0 aromatic rings. The van der Waals surface area contributed by atoms with Crippen molar-refractivity contribution in [2.24, 2.45) is 0 Å². The van der Waals surface area contributed by atoms with Crippen LogP contribution in [-0.4, -0.2) is 19.0 Å². The van der Waals surface area contributed by atoms with Gasteiger partial charge in [0.2, 0.25) is 0 Å². The van der Waals surface area contributed by atoms with E-state index in [-0.39, 0.29) is 0 Å². The summed E-state index contributed by atoms with van der Waals surface area (Å²) in [5.74, 6) is 0. The molecule has 0 aromatic heterocycles. The number of hydrogen-bond donors (Lipinski definition) is 1. The molecule has 7 heavy (non-hydrogen) atoms. The third kappa shape index (κ3) is 3.37. The van der Waals surface area contributed by atoms with Crippen LogP contribution in [0.25, 0.3) is 0 Å². The Hall–Kier alpha value is 0.780. The Balaban J connectivity index is 3.54. The van der Waals surface area contributed by atoms with Gasteiger partial charge in [0.05, 0.1) is 0 Å². The Labute approximate surface area is 52.2 Å². The Morgan fingerprint density at radius 3 is 1.43 bits per heavy atom. The van der Waals surface area contributed by atoms with Gasteiger partial charge in [0.1, 0.15) is 0 Å². The summed E-state index contributed by atoms with van der Waals surface area (Å²) in [5.41, 5.74) is 0.802. The molecule has 0 heterocycles. The first kappa shape index (κ1) is 7.78. The van der Waals surface area contributed by atoms with Crippen LogP contribution in [0.15, 0.2) is 0 Å². The first-order valence-electron chi connectivity index (χ1n) is 2.67. The van der Waals surface area contributed by atoms with Crippen molar-refractivity contribution >= 4 is 18.7 Å². The Morgan fingerprint density at radius 2 is 1.43 bits per heavy atom. The van der Waals surface area contributed by atoms with Crippen LogP contribution in [0, 0.1) is 0 Å². The van der Waals surface area contributed by atoms with Gasteiger partial charge < -0.3 is 0 Å². The Morgan fingerprint density at radius 1 is 1.29 bits per heavy atom. The van der Waals surface area contributed by atoms with Gasteiger partial charge in [0.25, 0.3) is 0 Å². The SMILES string of the molecule is CC(C)[PH](C)(C)S. The summed E-state index contributed by atoms with van der Waals surface area (Å²) < 4.78 is 0. The molecule has 0 nitrogen and oxygen atoms in total. The van der Waals surface area contributed by atoms with E-state index in [1.54, 1.807) is 0 Å². The van der Waals surface area contributed by atoms with Gasteiger partial charge in [0.15, 0.2) is 0 Å². The van der Waals surface area contributed by atoms with Crippen LogP contribution in [0.2, 0.25) is 0 Å². The van der Waals surface area contributed by atoms with E-state index in [2.05, 4.69) is 39.4 Å². The van der Waals surface area contributed by atoms with Crippen LogP contribution in [0.4, 0.5) is 0 Å². The fourth-order valence-corrected chi connectivity index (χ4v) is 0. The summed E-state index contributed by atoms with van der Waals surface area (Å²) in [4.78, 5) is 0. The topological polar surface area (TPSA) is 0 Å². The molecular formula is C5H15PS. The zero-order valence-electron chi connectivity index (χ0n) is 5.52.